The van der Waals surface area contributed by atoms with Gasteiger partial charge in [-0.05, 0) is 62.4 Å². The van der Waals surface area contributed by atoms with E-state index in [0.717, 1.165) is 18.6 Å². The van der Waals surface area contributed by atoms with E-state index in [9.17, 15) is 17.6 Å². The molecule has 1 saturated heterocycles. The standard InChI is InChI=1S/C27H31F2N5O4S/c1-16(2)15-38-20-10-18(9-19(28)11-20)24-22(29)12-21(25(31-24)34-14-17(3)13-27(34,4)5)26(35)33-39(36,37)23-7-6-8-30-32-23/h6-12,16-17H,13-15H2,1-5H3,(H,33,35)/t17-/m0/s1. The highest BCUT2D eigenvalue weighted by Gasteiger charge is 2.40. The lowest BCUT2D eigenvalue weighted by Crippen LogP contribution is -2.41. The summed E-state index contributed by atoms with van der Waals surface area (Å²) in [5.41, 5.74) is -0.828. The number of hydrogen-bond donors (Lipinski definition) is 1. The van der Waals surface area contributed by atoms with Gasteiger partial charge in [-0.1, -0.05) is 20.8 Å². The number of hydrogen-bond acceptors (Lipinski definition) is 8. The van der Waals surface area contributed by atoms with Crippen molar-refractivity contribution in [3.05, 3.63) is 59.8 Å². The van der Waals surface area contributed by atoms with Crippen LogP contribution < -0.4 is 14.4 Å². The molecule has 3 heterocycles. The molecule has 0 unspecified atom stereocenters. The summed E-state index contributed by atoms with van der Waals surface area (Å²) in [6.07, 6.45) is 2.05. The molecule has 1 aliphatic heterocycles. The summed E-state index contributed by atoms with van der Waals surface area (Å²) in [4.78, 5) is 19.7. The van der Waals surface area contributed by atoms with Crippen LogP contribution in [0.5, 0.6) is 5.75 Å². The fraction of sp³-hybridized carbons (Fsp3) is 0.407. The molecule has 1 fully saturated rings. The highest BCUT2D eigenvalue weighted by Crippen LogP contribution is 2.39. The van der Waals surface area contributed by atoms with Gasteiger partial charge in [0, 0.05) is 29.9 Å². The highest BCUT2D eigenvalue weighted by molar-refractivity contribution is 7.90. The lowest BCUT2D eigenvalue weighted by molar-refractivity contribution is 0.0981. The van der Waals surface area contributed by atoms with Crippen molar-refractivity contribution in [1.82, 2.24) is 19.9 Å². The number of carbonyl (C=O) groups excluding carboxylic acids is 1. The second-order valence-corrected chi connectivity index (χ2v) is 12.4. The maximum Gasteiger partial charge on any atom is 0.283 e. The van der Waals surface area contributed by atoms with E-state index in [0.29, 0.717) is 13.2 Å². The Morgan fingerprint density at radius 1 is 1.23 bits per heavy atom. The average molecular weight is 560 g/mol. The molecule has 1 amide bonds. The van der Waals surface area contributed by atoms with E-state index in [2.05, 4.69) is 15.2 Å². The molecule has 9 nitrogen and oxygen atoms in total. The van der Waals surface area contributed by atoms with Crippen molar-refractivity contribution in [1.29, 1.82) is 0 Å². The Morgan fingerprint density at radius 2 is 1.97 bits per heavy atom. The number of nitrogens with zero attached hydrogens (tertiary/aromatic N) is 4. The van der Waals surface area contributed by atoms with Gasteiger partial charge < -0.3 is 9.64 Å². The van der Waals surface area contributed by atoms with E-state index >= 15 is 4.39 Å². The Labute approximate surface area is 226 Å². The fourth-order valence-electron chi connectivity index (χ4n) is 4.72. The summed E-state index contributed by atoms with van der Waals surface area (Å²) in [6.45, 7) is 10.7. The van der Waals surface area contributed by atoms with Crippen LogP contribution in [0.1, 0.15) is 51.4 Å². The molecule has 4 rings (SSSR count). The molecule has 208 valence electrons. The molecule has 1 aliphatic rings. The normalized spacial score (nSPS) is 16.9. The largest absolute Gasteiger partial charge is 0.493 e. The number of ether oxygens (including phenoxy) is 1. The molecule has 0 radical (unpaired) electrons. The first-order valence-corrected chi connectivity index (χ1v) is 14.0. The summed E-state index contributed by atoms with van der Waals surface area (Å²) < 4.78 is 63.2. The Morgan fingerprint density at radius 3 is 2.59 bits per heavy atom. The van der Waals surface area contributed by atoms with Gasteiger partial charge in [-0.3, -0.25) is 4.79 Å². The molecule has 0 spiro atoms. The van der Waals surface area contributed by atoms with Gasteiger partial charge in [-0.2, -0.15) is 13.5 Å². The van der Waals surface area contributed by atoms with Gasteiger partial charge in [0.2, 0.25) is 0 Å². The lowest BCUT2D eigenvalue weighted by Gasteiger charge is -2.34. The van der Waals surface area contributed by atoms with E-state index in [-0.39, 0.29) is 40.2 Å². The minimum atomic E-state index is -4.40. The molecular weight excluding hydrogens is 528 g/mol. The number of amides is 1. The number of pyridine rings is 1. The van der Waals surface area contributed by atoms with Gasteiger partial charge in [0.15, 0.2) is 5.03 Å². The second-order valence-electron chi connectivity index (χ2n) is 10.8. The van der Waals surface area contributed by atoms with E-state index in [1.165, 1.54) is 30.5 Å². The van der Waals surface area contributed by atoms with Gasteiger partial charge in [0.05, 0.1) is 12.2 Å². The van der Waals surface area contributed by atoms with Crippen LogP contribution in [0, 0.1) is 23.5 Å². The Balaban J connectivity index is 1.82. The Kier molecular flexibility index (Phi) is 7.87. The number of nitrogens with one attached hydrogen (secondary N) is 1. The first-order chi connectivity index (χ1) is 18.3. The third kappa shape index (κ3) is 6.32. The molecule has 39 heavy (non-hydrogen) atoms. The third-order valence-electron chi connectivity index (χ3n) is 6.31. The van der Waals surface area contributed by atoms with Crippen LogP contribution in [0.4, 0.5) is 14.6 Å². The van der Waals surface area contributed by atoms with Crippen LogP contribution >= 0.6 is 0 Å². The topological polar surface area (TPSA) is 114 Å². The van der Waals surface area contributed by atoms with Crippen molar-refractivity contribution in [2.45, 2.75) is 51.6 Å². The number of carbonyl (C=O) groups is 1. The summed E-state index contributed by atoms with van der Waals surface area (Å²) in [5.74, 6) is -1.93. The van der Waals surface area contributed by atoms with Gasteiger partial charge >= 0.3 is 0 Å². The molecule has 0 aliphatic carbocycles. The molecule has 0 saturated carbocycles. The van der Waals surface area contributed by atoms with Gasteiger partial charge in [-0.25, -0.2) is 18.5 Å². The van der Waals surface area contributed by atoms with Gasteiger partial charge in [0.25, 0.3) is 15.9 Å². The number of anilines is 1. The van der Waals surface area contributed by atoms with Crippen LogP contribution in [0.15, 0.2) is 47.6 Å². The minimum Gasteiger partial charge on any atom is -0.493 e. The van der Waals surface area contributed by atoms with E-state index < -0.39 is 38.1 Å². The van der Waals surface area contributed by atoms with Crippen LogP contribution in [0.2, 0.25) is 0 Å². The minimum absolute atomic E-state index is 0.0847. The van der Waals surface area contributed by atoms with Gasteiger partial charge in [-0.15, -0.1) is 5.10 Å². The summed E-state index contributed by atoms with van der Waals surface area (Å²) in [5, 5.41) is 6.61. The number of halogens is 2. The quantitative estimate of drug-likeness (QED) is 0.426. The Bertz CT molecular complexity index is 1480. The first-order valence-electron chi connectivity index (χ1n) is 12.5. The smallest absolute Gasteiger partial charge is 0.283 e. The highest BCUT2D eigenvalue weighted by atomic mass is 32.2. The zero-order chi connectivity index (χ0) is 28.5. The predicted molar refractivity (Wildman–Crippen MR) is 142 cm³/mol. The molecule has 1 atom stereocenters. The summed E-state index contributed by atoms with van der Waals surface area (Å²) in [7, 11) is -4.40. The molecular formula is C27H31F2N5O4S. The first kappa shape index (κ1) is 28.3. The van der Waals surface area contributed by atoms with Crippen molar-refractivity contribution in [3.8, 4) is 17.0 Å². The number of benzene rings is 1. The number of aromatic nitrogens is 3. The monoisotopic (exact) mass is 559 g/mol. The maximum atomic E-state index is 15.6. The lowest BCUT2D eigenvalue weighted by atomic mass is 9.97. The SMILES string of the molecule is CC(C)COc1cc(F)cc(-c2nc(N3C[C@@H](C)CC3(C)C)c(C(=O)NS(=O)(=O)c3cccnn3)cc2F)c1. The zero-order valence-corrected chi connectivity index (χ0v) is 23.2. The van der Waals surface area contributed by atoms with E-state index in [1.807, 2.05) is 44.2 Å². The predicted octanol–water partition coefficient (Wildman–Crippen LogP) is 4.60. The zero-order valence-electron chi connectivity index (χ0n) is 22.4. The second kappa shape index (κ2) is 10.8. The summed E-state index contributed by atoms with van der Waals surface area (Å²) in [6, 6.07) is 7.29. The van der Waals surface area contributed by atoms with E-state index in [4.69, 9.17) is 4.74 Å². The maximum absolute atomic E-state index is 15.6. The van der Waals surface area contributed by atoms with Crippen LogP contribution in [-0.4, -0.2) is 48.2 Å². The van der Waals surface area contributed by atoms with Crippen molar-refractivity contribution >= 4 is 21.7 Å². The average Bonchev–Trinajstić information content (AvgIpc) is 3.14. The van der Waals surface area contributed by atoms with Crippen LogP contribution in [0.25, 0.3) is 11.3 Å². The molecule has 1 N–H and O–H groups in total. The molecule has 2 aromatic heterocycles. The van der Waals surface area contributed by atoms with Crippen molar-refractivity contribution in [2.75, 3.05) is 18.1 Å². The van der Waals surface area contributed by atoms with Crippen LogP contribution in [-0.2, 0) is 10.0 Å². The van der Waals surface area contributed by atoms with Crippen molar-refractivity contribution < 1.29 is 26.7 Å². The Hall–Kier alpha value is -3.67. The van der Waals surface area contributed by atoms with Crippen molar-refractivity contribution in [3.63, 3.8) is 0 Å². The van der Waals surface area contributed by atoms with Crippen molar-refractivity contribution in [2.24, 2.45) is 11.8 Å². The number of sulfonamides is 1. The fourth-order valence-corrected chi connectivity index (χ4v) is 5.59. The van der Waals surface area contributed by atoms with Gasteiger partial charge in [0.1, 0.15) is 28.9 Å². The molecule has 3 aromatic rings. The number of rotatable bonds is 8. The van der Waals surface area contributed by atoms with E-state index in [1.54, 1.807) is 0 Å². The molecule has 0 bridgehead atoms. The van der Waals surface area contributed by atoms with Crippen LogP contribution in [0.3, 0.4) is 0 Å². The molecule has 1 aromatic carbocycles. The third-order valence-corrected chi connectivity index (χ3v) is 7.53. The summed E-state index contributed by atoms with van der Waals surface area (Å²) >= 11 is 0. The molecule has 12 heteroatoms.